The van der Waals surface area contributed by atoms with E-state index in [1.807, 2.05) is 25.1 Å². The van der Waals surface area contributed by atoms with E-state index in [-0.39, 0.29) is 5.91 Å². The number of benzene rings is 1. The summed E-state index contributed by atoms with van der Waals surface area (Å²) in [7, 11) is 0. The molecule has 0 aromatic heterocycles. The van der Waals surface area contributed by atoms with E-state index in [1.54, 1.807) is 0 Å². The average molecular weight is 215 g/mol. The van der Waals surface area contributed by atoms with Gasteiger partial charge in [0.15, 0.2) is 0 Å². The van der Waals surface area contributed by atoms with Crippen LogP contribution in [-0.2, 0) is 4.79 Å². The van der Waals surface area contributed by atoms with E-state index in [4.69, 9.17) is 0 Å². The second-order valence-electron chi connectivity index (χ2n) is 4.20. The van der Waals surface area contributed by atoms with Gasteiger partial charge in [-0.1, -0.05) is 37.3 Å². The summed E-state index contributed by atoms with van der Waals surface area (Å²) in [5.41, 5.74) is 3.20. The van der Waals surface area contributed by atoms with Crippen molar-refractivity contribution < 1.29 is 4.79 Å². The topological polar surface area (TPSA) is 29.1 Å². The molecule has 0 aliphatic heterocycles. The fourth-order valence-corrected chi connectivity index (χ4v) is 2.17. The highest BCUT2D eigenvalue weighted by atomic mass is 16.1. The number of carbonyl (C=O) groups excluding carboxylic acids is 1. The Hall–Kier alpha value is -1.57. The summed E-state index contributed by atoms with van der Waals surface area (Å²) in [5, 5.41) is 2.86. The molecule has 0 unspecified atom stereocenters. The highest BCUT2D eigenvalue weighted by molar-refractivity contribution is 6.20. The van der Waals surface area contributed by atoms with Gasteiger partial charge in [-0.15, -0.1) is 0 Å². The van der Waals surface area contributed by atoms with Crippen molar-refractivity contribution in [3.05, 3.63) is 41.5 Å². The van der Waals surface area contributed by atoms with Crippen LogP contribution in [0, 0.1) is 0 Å². The molecule has 0 saturated carbocycles. The summed E-state index contributed by atoms with van der Waals surface area (Å²) in [4.78, 5) is 11.9. The molecule has 16 heavy (non-hydrogen) atoms. The van der Waals surface area contributed by atoms with Gasteiger partial charge in [0.25, 0.3) is 5.91 Å². The van der Waals surface area contributed by atoms with Crippen molar-refractivity contribution in [2.24, 2.45) is 0 Å². The third kappa shape index (κ3) is 1.87. The van der Waals surface area contributed by atoms with Gasteiger partial charge in [-0.25, -0.2) is 0 Å². The number of likely N-dealkylation sites (N-methyl/N-ethyl adjacent to an activating group) is 1. The zero-order chi connectivity index (χ0) is 11.5. The molecule has 2 rings (SSSR count). The summed E-state index contributed by atoms with van der Waals surface area (Å²) < 4.78 is 0. The molecular weight excluding hydrogens is 198 g/mol. The van der Waals surface area contributed by atoms with Gasteiger partial charge < -0.3 is 5.32 Å². The molecule has 1 amide bonds. The Balaban J connectivity index is 2.39. The lowest BCUT2D eigenvalue weighted by Gasteiger charge is -2.22. The number of hydrogen-bond donors (Lipinski definition) is 1. The Morgan fingerprint density at radius 2 is 2.19 bits per heavy atom. The molecule has 0 fully saturated rings. The first-order chi connectivity index (χ1) is 7.74. The van der Waals surface area contributed by atoms with E-state index in [1.165, 1.54) is 5.56 Å². The Bertz CT molecular complexity index is 434. The van der Waals surface area contributed by atoms with E-state index in [9.17, 15) is 4.79 Å². The van der Waals surface area contributed by atoms with Crippen molar-refractivity contribution in [1.82, 2.24) is 5.32 Å². The van der Waals surface area contributed by atoms with Crippen LogP contribution in [0.3, 0.4) is 0 Å². The quantitative estimate of drug-likeness (QED) is 0.807. The number of amides is 1. The standard InChI is InChI=1S/C14H17NO/c1-3-15-14(16)13-9-8-10(2)11-6-4-5-7-12(11)13/h4-7,9-10H,3,8H2,1-2H3,(H,15,16)/t10-/m0/s1. The van der Waals surface area contributed by atoms with E-state index in [0.717, 1.165) is 17.6 Å². The largest absolute Gasteiger partial charge is 0.352 e. The lowest BCUT2D eigenvalue weighted by atomic mass is 9.84. The van der Waals surface area contributed by atoms with Crippen molar-refractivity contribution in [3.63, 3.8) is 0 Å². The molecule has 1 aromatic carbocycles. The van der Waals surface area contributed by atoms with Crippen LogP contribution in [0.2, 0.25) is 0 Å². The molecule has 1 aliphatic carbocycles. The Morgan fingerprint density at radius 1 is 1.44 bits per heavy atom. The molecule has 1 aliphatic rings. The van der Waals surface area contributed by atoms with Crippen LogP contribution < -0.4 is 5.32 Å². The highest BCUT2D eigenvalue weighted by Crippen LogP contribution is 2.33. The zero-order valence-electron chi connectivity index (χ0n) is 9.79. The maximum absolute atomic E-state index is 11.9. The Morgan fingerprint density at radius 3 is 2.94 bits per heavy atom. The van der Waals surface area contributed by atoms with Gasteiger partial charge >= 0.3 is 0 Å². The van der Waals surface area contributed by atoms with E-state index < -0.39 is 0 Å². The predicted molar refractivity (Wildman–Crippen MR) is 66.1 cm³/mol. The summed E-state index contributed by atoms with van der Waals surface area (Å²) in [6.45, 7) is 4.81. The molecule has 0 spiro atoms. The summed E-state index contributed by atoms with van der Waals surface area (Å²) >= 11 is 0. The Kier molecular flexibility index (Phi) is 3.09. The van der Waals surface area contributed by atoms with Crippen LogP contribution in [0.1, 0.15) is 37.3 Å². The molecule has 0 radical (unpaired) electrons. The number of nitrogens with one attached hydrogen (secondary N) is 1. The number of rotatable bonds is 2. The smallest absolute Gasteiger partial charge is 0.251 e. The molecule has 0 bridgehead atoms. The van der Waals surface area contributed by atoms with Gasteiger partial charge in [-0.3, -0.25) is 4.79 Å². The minimum Gasteiger partial charge on any atom is -0.352 e. The molecule has 2 heteroatoms. The minimum absolute atomic E-state index is 0.0434. The lowest BCUT2D eigenvalue weighted by Crippen LogP contribution is -2.25. The second-order valence-corrected chi connectivity index (χ2v) is 4.20. The van der Waals surface area contributed by atoms with Gasteiger partial charge in [0, 0.05) is 12.1 Å². The lowest BCUT2D eigenvalue weighted by molar-refractivity contribution is -0.115. The summed E-state index contributed by atoms with van der Waals surface area (Å²) in [6.07, 6.45) is 3.00. The minimum atomic E-state index is 0.0434. The van der Waals surface area contributed by atoms with Gasteiger partial charge in [0.1, 0.15) is 0 Å². The van der Waals surface area contributed by atoms with Gasteiger partial charge in [-0.05, 0) is 30.4 Å². The summed E-state index contributed by atoms with van der Waals surface area (Å²) in [5.74, 6) is 0.552. The molecular formula is C14H17NO. The van der Waals surface area contributed by atoms with Crippen LogP contribution in [-0.4, -0.2) is 12.5 Å². The normalized spacial score (nSPS) is 18.6. The third-order valence-electron chi connectivity index (χ3n) is 3.04. The predicted octanol–water partition coefficient (Wildman–Crippen LogP) is 2.71. The van der Waals surface area contributed by atoms with Crippen molar-refractivity contribution in [3.8, 4) is 0 Å². The van der Waals surface area contributed by atoms with E-state index in [2.05, 4.69) is 24.4 Å². The van der Waals surface area contributed by atoms with Gasteiger partial charge in [0.05, 0.1) is 0 Å². The molecule has 0 heterocycles. The van der Waals surface area contributed by atoms with Crippen LogP contribution in [0.15, 0.2) is 30.3 Å². The first-order valence-electron chi connectivity index (χ1n) is 5.81. The van der Waals surface area contributed by atoms with Gasteiger partial charge in [-0.2, -0.15) is 0 Å². The molecule has 0 saturated heterocycles. The van der Waals surface area contributed by atoms with Gasteiger partial charge in [0.2, 0.25) is 0 Å². The fraction of sp³-hybridized carbons (Fsp3) is 0.357. The maximum atomic E-state index is 11.9. The van der Waals surface area contributed by atoms with Crippen LogP contribution >= 0.6 is 0 Å². The maximum Gasteiger partial charge on any atom is 0.251 e. The highest BCUT2D eigenvalue weighted by Gasteiger charge is 2.21. The Labute approximate surface area is 96.4 Å². The van der Waals surface area contributed by atoms with Crippen molar-refractivity contribution in [2.45, 2.75) is 26.2 Å². The van der Waals surface area contributed by atoms with Crippen LogP contribution in [0.5, 0.6) is 0 Å². The summed E-state index contributed by atoms with van der Waals surface area (Å²) in [6, 6.07) is 8.18. The SMILES string of the molecule is CCNC(=O)C1=CC[C@H](C)c2ccccc21. The van der Waals surface area contributed by atoms with E-state index >= 15 is 0 Å². The molecule has 1 atom stereocenters. The second kappa shape index (κ2) is 4.52. The average Bonchev–Trinajstić information content (AvgIpc) is 2.30. The third-order valence-corrected chi connectivity index (χ3v) is 3.04. The fourth-order valence-electron chi connectivity index (χ4n) is 2.17. The first kappa shape index (κ1) is 10.9. The van der Waals surface area contributed by atoms with Crippen molar-refractivity contribution >= 4 is 11.5 Å². The van der Waals surface area contributed by atoms with Crippen LogP contribution in [0.25, 0.3) is 5.57 Å². The number of fused-ring (bicyclic) bond motifs is 1. The number of hydrogen-bond acceptors (Lipinski definition) is 1. The monoisotopic (exact) mass is 215 g/mol. The number of allylic oxidation sites excluding steroid dienone is 1. The molecule has 1 N–H and O–H groups in total. The van der Waals surface area contributed by atoms with Crippen molar-refractivity contribution in [2.75, 3.05) is 6.54 Å². The molecule has 1 aromatic rings. The first-order valence-corrected chi connectivity index (χ1v) is 5.81. The van der Waals surface area contributed by atoms with Crippen molar-refractivity contribution in [1.29, 1.82) is 0 Å². The molecule has 2 nitrogen and oxygen atoms in total. The number of carbonyl (C=O) groups is 1. The molecule has 84 valence electrons. The van der Waals surface area contributed by atoms with E-state index in [0.29, 0.717) is 12.5 Å². The zero-order valence-corrected chi connectivity index (χ0v) is 9.79. The van der Waals surface area contributed by atoms with Crippen LogP contribution in [0.4, 0.5) is 0 Å².